The smallest absolute Gasteiger partial charge is 0.0220 e. The van der Waals surface area contributed by atoms with Crippen molar-refractivity contribution < 1.29 is 0 Å². The Kier molecular flexibility index (Phi) is 11.0. The lowest BCUT2D eigenvalue weighted by Crippen LogP contribution is -1.89. The molecule has 11 heavy (non-hydrogen) atoms. The molecule has 0 bridgehead atoms. The first kappa shape index (κ1) is 11.5. The molecule has 0 saturated heterocycles. The van der Waals surface area contributed by atoms with Gasteiger partial charge in [0.25, 0.3) is 0 Å². The molecule has 0 atom stereocenters. The molecule has 0 rings (SSSR count). The zero-order chi connectivity index (χ0) is 8.36. The summed E-state index contributed by atoms with van der Waals surface area (Å²) in [5.74, 6) is 0.877. The highest BCUT2D eigenvalue weighted by Gasteiger charge is 1.90. The molecule has 68 valence electrons. The van der Waals surface area contributed by atoms with Gasteiger partial charge < -0.3 is 0 Å². The molecule has 0 N–H and O–H groups in total. The predicted octanol–water partition coefficient (Wildman–Crippen LogP) is 3.20. The minimum absolute atomic E-state index is 0.288. The third-order valence-corrected chi connectivity index (χ3v) is 4.25. The van der Waals surface area contributed by atoms with E-state index in [9.17, 15) is 0 Å². The van der Waals surface area contributed by atoms with Crippen LogP contribution in [0.15, 0.2) is 0 Å². The van der Waals surface area contributed by atoms with Crippen molar-refractivity contribution in [1.82, 2.24) is 0 Å². The Bertz CT molecular complexity index is 58.6. The van der Waals surface area contributed by atoms with Gasteiger partial charge in [-0.3, -0.25) is 0 Å². The largest absolute Gasteiger partial charge is 0.127 e. The van der Waals surface area contributed by atoms with Crippen molar-refractivity contribution in [3.05, 3.63) is 0 Å². The van der Waals surface area contributed by atoms with Crippen LogP contribution in [0.3, 0.4) is 0 Å². The van der Waals surface area contributed by atoms with Gasteiger partial charge >= 0.3 is 0 Å². The van der Waals surface area contributed by atoms with Crippen molar-refractivity contribution in [3.8, 4) is 0 Å². The lowest BCUT2D eigenvalue weighted by Gasteiger charge is -1.97. The Balaban J connectivity index is 2.69. The SMILES string of the molecule is CCCCCC[SiH2]CCCCl. The molecule has 0 aromatic rings. The molecule has 0 fully saturated rings. The second-order valence-electron chi connectivity index (χ2n) is 3.16. The molecule has 0 spiro atoms. The van der Waals surface area contributed by atoms with Gasteiger partial charge in [0.15, 0.2) is 0 Å². The first-order valence-corrected chi connectivity index (χ1v) is 7.51. The Morgan fingerprint density at radius 3 is 2.36 bits per heavy atom. The van der Waals surface area contributed by atoms with Crippen LogP contribution in [-0.2, 0) is 0 Å². The van der Waals surface area contributed by atoms with E-state index in [1.807, 2.05) is 0 Å². The summed E-state index contributed by atoms with van der Waals surface area (Å²) in [7, 11) is 0.288. The van der Waals surface area contributed by atoms with Gasteiger partial charge in [0.1, 0.15) is 0 Å². The molecule has 0 heterocycles. The number of hydrogen-bond acceptors (Lipinski definition) is 0. The van der Waals surface area contributed by atoms with Crippen molar-refractivity contribution in [1.29, 1.82) is 0 Å². The van der Waals surface area contributed by atoms with Gasteiger partial charge in [-0.1, -0.05) is 44.7 Å². The van der Waals surface area contributed by atoms with Crippen molar-refractivity contribution in [2.24, 2.45) is 0 Å². The minimum atomic E-state index is 0.288. The first-order chi connectivity index (χ1) is 5.41. The zero-order valence-electron chi connectivity index (χ0n) is 7.74. The van der Waals surface area contributed by atoms with Crippen LogP contribution in [0.5, 0.6) is 0 Å². The van der Waals surface area contributed by atoms with Crippen molar-refractivity contribution in [2.45, 2.75) is 51.1 Å². The van der Waals surface area contributed by atoms with E-state index in [1.54, 1.807) is 6.04 Å². The average molecular weight is 193 g/mol. The maximum absolute atomic E-state index is 5.59. The maximum atomic E-state index is 5.59. The Labute approximate surface area is 78.5 Å². The van der Waals surface area contributed by atoms with Crippen LogP contribution >= 0.6 is 11.6 Å². The van der Waals surface area contributed by atoms with Crippen LogP contribution in [0.2, 0.25) is 12.1 Å². The fraction of sp³-hybridized carbons (Fsp3) is 1.00. The first-order valence-electron chi connectivity index (χ1n) is 4.97. The van der Waals surface area contributed by atoms with E-state index < -0.39 is 0 Å². The van der Waals surface area contributed by atoms with E-state index in [0.717, 1.165) is 5.88 Å². The Hall–Kier alpha value is 0.507. The summed E-state index contributed by atoms with van der Waals surface area (Å²) in [5, 5.41) is 0. The third-order valence-electron chi connectivity index (χ3n) is 1.99. The second kappa shape index (κ2) is 10.5. The molecule has 2 heteroatoms. The summed E-state index contributed by atoms with van der Waals surface area (Å²) >= 11 is 5.59. The molecule has 0 nitrogen and oxygen atoms in total. The van der Waals surface area contributed by atoms with Crippen molar-refractivity contribution in [3.63, 3.8) is 0 Å². The van der Waals surface area contributed by atoms with E-state index in [2.05, 4.69) is 6.92 Å². The fourth-order valence-corrected chi connectivity index (χ4v) is 3.40. The second-order valence-corrected chi connectivity index (χ2v) is 5.66. The maximum Gasteiger partial charge on any atom is 0.0220 e. The average Bonchev–Trinajstić information content (AvgIpc) is 2.03. The number of alkyl halides is 1. The third kappa shape index (κ3) is 10.5. The molecule has 0 radical (unpaired) electrons. The van der Waals surface area contributed by atoms with Crippen LogP contribution in [0, 0.1) is 0 Å². The van der Waals surface area contributed by atoms with E-state index in [0.29, 0.717) is 0 Å². The number of halogens is 1. The summed E-state index contributed by atoms with van der Waals surface area (Å²) in [5.41, 5.74) is 0. The quantitative estimate of drug-likeness (QED) is 0.315. The van der Waals surface area contributed by atoms with Crippen LogP contribution < -0.4 is 0 Å². The topological polar surface area (TPSA) is 0 Å². The van der Waals surface area contributed by atoms with Gasteiger partial charge in [0.2, 0.25) is 0 Å². The summed E-state index contributed by atoms with van der Waals surface area (Å²) in [6.07, 6.45) is 7.02. The molecule has 0 aliphatic carbocycles. The van der Waals surface area contributed by atoms with Gasteiger partial charge in [-0.25, -0.2) is 0 Å². The van der Waals surface area contributed by atoms with Crippen molar-refractivity contribution in [2.75, 3.05) is 5.88 Å². The molecule has 0 amide bonds. The number of rotatable bonds is 8. The van der Waals surface area contributed by atoms with E-state index >= 15 is 0 Å². The lowest BCUT2D eigenvalue weighted by molar-refractivity contribution is 0.699. The van der Waals surface area contributed by atoms with Crippen LogP contribution in [0.25, 0.3) is 0 Å². The van der Waals surface area contributed by atoms with Gasteiger partial charge in [-0.05, 0) is 6.42 Å². The molecule has 0 aliphatic heterocycles. The van der Waals surface area contributed by atoms with Gasteiger partial charge in [-0.15, -0.1) is 11.6 Å². The van der Waals surface area contributed by atoms with E-state index in [4.69, 9.17) is 11.6 Å². The van der Waals surface area contributed by atoms with Crippen LogP contribution in [0.4, 0.5) is 0 Å². The highest BCUT2D eigenvalue weighted by molar-refractivity contribution is 6.35. The Morgan fingerprint density at radius 2 is 1.73 bits per heavy atom. The van der Waals surface area contributed by atoms with E-state index in [-0.39, 0.29) is 9.52 Å². The summed E-state index contributed by atoms with van der Waals surface area (Å²) in [6.45, 7) is 2.27. The number of unbranched alkanes of at least 4 members (excludes halogenated alkanes) is 3. The Morgan fingerprint density at radius 1 is 1.00 bits per heavy atom. The number of hydrogen-bond donors (Lipinski definition) is 0. The predicted molar refractivity (Wildman–Crippen MR) is 57.6 cm³/mol. The summed E-state index contributed by atoms with van der Waals surface area (Å²) in [6, 6.07) is 3.02. The molecule has 0 saturated carbocycles. The van der Waals surface area contributed by atoms with Crippen LogP contribution in [0.1, 0.15) is 39.0 Å². The van der Waals surface area contributed by atoms with Gasteiger partial charge in [0, 0.05) is 15.4 Å². The molecular weight excluding hydrogens is 172 g/mol. The molecule has 0 aromatic carbocycles. The highest BCUT2D eigenvalue weighted by Crippen LogP contribution is 2.04. The standard InChI is InChI=1S/C9H21ClSi/c1-2-3-4-5-8-11-9-6-7-10/h2-9,11H2,1H3. The highest BCUT2D eigenvalue weighted by atomic mass is 35.5. The zero-order valence-corrected chi connectivity index (χ0v) is 9.91. The lowest BCUT2D eigenvalue weighted by atomic mass is 10.2. The molecular formula is C9H21ClSi. The van der Waals surface area contributed by atoms with Crippen LogP contribution in [-0.4, -0.2) is 15.4 Å². The summed E-state index contributed by atoms with van der Waals surface area (Å²) < 4.78 is 0. The van der Waals surface area contributed by atoms with Gasteiger partial charge in [-0.2, -0.15) is 0 Å². The fourth-order valence-electron chi connectivity index (χ4n) is 1.23. The van der Waals surface area contributed by atoms with Gasteiger partial charge in [0.05, 0.1) is 0 Å². The monoisotopic (exact) mass is 192 g/mol. The van der Waals surface area contributed by atoms with E-state index in [1.165, 1.54) is 38.1 Å². The van der Waals surface area contributed by atoms with Crippen molar-refractivity contribution >= 4 is 21.1 Å². The summed E-state index contributed by atoms with van der Waals surface area (Å²) in [4.78, 5) is 0. The normalized spacial score (nSPS) is 11.5. The molecule has 0 unspecified atom stereocenters. The molecule has 0 aliphatic rings. The molecule has 0 aromatic heterocycles. The minimum Gasteiger partial charge on any atom is -0.127 e.